The van der Waals surface area contributed by atoms with Crippen LogP contribution in [0.2, 0.25) is 0 Å². The maximum Gasteiger partial charge on any atom is 0.271 e. The molecule has 0 bridgehead atoms. The smallest absolute Gasteiger partial charge is 0.271 e. The molecule has 3 heterocycles. The van der Waals surface area contributed by atoms with Gasteiger partial charge >= 0.3 is 0 Å². The van der Waals surface area contributed by atoms with E-state index in [2.05, 4.69) is 25.3 Å². The zero-order chi connectivity index (χ0) is 15.2. The number of amides is 1. The summed E-state index contributed by atoms with van der Waals surface area (Å²) in [7, 11) is 0. The topological polar surface area (TPSA) is 70.6 Å². The first-order chi connectivity index (χ1) is 10.8. The van der Waals surface area contributed by atoms with Gasteiger partial charge in [0.05, 0.1) is 13.2 Å². The Morgan fingerprint density at radius 1 is 1.14 bits per heavy atom. The van der Waals surface area contributed by atoms with Gasteiger partial charge < -0.3 is 15.0 Å². The van der Waals surface area contributed by atoms with E-state index in [0.29, 0.717) is 12.2 Å². The number of morpholine rings is 1. The van der Waals surface area contributed by atoms with E-state index in [9.17, 15) is 4.79 Å². The summed E-state index contributed by atoms with van der Waals surface area (Å²) < 4.78 is 5.30. The van der Waals surface area contributed by atoms with Crippen LogP contribution in [0, 0.1) is 0 Å². The minimum Gasteiger partial charge on any atom is -0.379 e. The molecule has 1 aromatic rings. The molecule has 0 saturated carbocycles. The van der Waals surface area contributed by atoms with Crippen LogP contribution < -0.4 is 10.2 Å². The lowest BCUT2D eigenvalue weighted by Gasteiger charge is -2.26. The van der Waals surface area contributed by atoms with Crippen LogP contribution in [0.5, 0.6) is 0 Å². The van der Waals surface area contributed by atoms with Gasteiger partial charge in [-0.2, -0.15) is 0 Å². The number of hydrogen-bond donors (Lipinski definition) is 1. The first-order valence-electron chi connectivity index (χ1n) is 8.00. The second-order valence-electron chi connectivity index (χ2n) is 5.68. The van der Waals surface area contributed by atoms with E-state index in [-0.39, 0.29) is 5.91 Å². The van der Waals surface area contributed by atoms with E-state index in [1.807, 2.05) is 6.07 Å². The van der Waals surface area contributed by atoms with Crippen molar-refractivity contribution in [1.29, 1.82) is 0 Å². The maximum absolute atomic E-state index is 12.0. The van der Waals surface area contributed by atoms with Crippen molar-refractivity contribution < 1.29 is 9.53 Å². The Kier molecular flexibility index (Phi) is 5.18. The van der Waals surface area contributed by atoms with Gasteiger partial charge in [-0.1, -0.05) is 0 Å². The van der Waals surface area contributed by atoms with Crippen LogP contribution in [0.25, 0.3) is 0 Å². The van der Waals surface area contributed by atoms with Crippen LogP contribution in [0.4, 0.5) is 5.82 Å². The average molecular weight is 305 g/mol. The van der Waals surface area contributed by atoms with Gasteiger partial charge in [-0.25, -0.2) is 0 Å². The summed E-state index contributed by atoms with van der Waals surface area (Å²) in [5.41, 5.74) is 0.380. The third-order valence-electron chi connectivity index (χ3n) is 4.13. The largest absolute Gasteiger partial charge is 0.379 e. The summed E-state index contributed by atoms with van der Waals surface area (Å²) in [6.07, 6.45) is 2.40. The average Bonchev–Trinajstić information content (AvgIpc) is 3.10. The monoisotopic (exact) mass is 305 g/mol. The molecule has 120 valence electrons. The van der Waals surface area contributed by atoms with Crippen molar-refractivity contribution in [2.45, 2.75) is 12.8 Å². The highest BCUT2D eigenvalue weighted by Gasteiger charge is 2.15. The number of nitrogens with zero attached hydrogens (tertiary/aromatic N) is 4. The van der Waals surface area contributed by atoms with E-state index < -0.39 is 0 Å². The molecule has 0 aliphatic carbocycles. The molecular weight excluding hydrogens is 282 g/mol. The number of ether oxygens (including phenoxy) is 1. The second-order valence-corrected chi connectivity index (χ2v) is 5.68. The molecule has 1 aromatic heterocycles. The van der Waals surface area contributed by atoms with Gasteiger partial charge in [0.25, 0.3) is 5.91 Å². The zero-order valence-corrected chi connectivity index (χ0v) is 12.8. The molecule has 2 fully saturated rings. The van der Waals surface area contributed by atoms with Crippen LogP contribution in [0.15, 0.2) is 12.1 Å². The van der Waals surface area contributed by atoms with Gasteiger partial charge in [0.15, 0.2) is 11.5 Å². The Morgan fingerprint density at radius 3 is 2.59 bits per heavy atom. The number of hydrogen-bond acceptors (Lipinski definition) is 6. The molecule has 3 rings (SSSR count). The van der Waals surface area contributed by atoms with Crippen molar-refractivity contribution in [3.63, 3.8) is 0 Å². The number of carbonyl (C=O) groups is 1. The lowest BCUT2D eigenvalue weighted by atomic mass is 10.3. The fourth-order valence-corrected chi connectivity index (χ4v) is 2.80. The van der Waals surface area contributed by atoms with Crippen LogP contribution in [-0.4, -0.2) is 73.5 Å². The molecule has 2 saturated heterocycles. The van der Waals surface area contributed by atoms with Gasteiger partial charge in [0.1, 0.15) is 0 Å². The lowest BCUT2D eigenvalue weighted by molar-refractivity contribution is 0.0383. The third-order valence-corrected chi connectivity index (χ3v) is 4.13. The fraction of sp³-hybridized carbons (Fsp3) is 0.667. The minimum absolute atomic E-state index is 0.159. The summed E-state index contributed by atoms with van der Waals surface area (Å²) in [6, 6.07) is 3.64. The molecule has 7 heteroatoms. The zero-order valence-electron chi connectivity index (χ0n) is 12.8. The van der Waals surface area contributed by atoms with Crippen molar-refractivity contribution >= 4 is 11.7 Å². The number of anilines is 1. The molecule has 0 atom stereocenters. The fourth-order valence-electron chi connectivity index (χ4n) is 2.80. The normalized spacial score (nSPS) is 19.4. The molecule has 1 N–H and O–H groups in total. The molecule has 0 unspecified atom stereocenters. The highest BCUT2D eigenvalue weighted by Crippen LogP contribution is 2.16. The Bertz CT molecular complexity index is 481. The number of nitrogens with one attached hydrogen (secondary N) is 1. The highest BCUT2D eigenvalue weighted by atomic mass is 16.5. The highest BCUT2D eigenvalue weighted by molar-refractivity contribution is 5.92. The number of aromatic nitrogens is 2. The van der Waals surface area contributed by atoms with Gasteiger partial charge in [0, 0.05) is 39.3 Å². The first-order valence-corrected chi connectivity index (χ1v) is 8.00. The molecule has 2 aliphatic heterocycles. The Balaban J connectivity index is 1.45. The minimum atomic E-state index is -0.159. The van der Waals surface area contributed by atoms with Crippen molar-refractivity contribution in [2.24, 2.45) is 0 Å². The second kappa shape index (κ2) is 7.51. The summed E-state index contributed by atoms with van der Waals surface area (Å²) in [5.74, 6) is 0.705. The quantitative estimate of drug-likeness (QED) is 0.834. The van der Waals surface area contributed by atoms with E-state index in [4.69, 9.17) is 4.74 Å². The Labute approximate surface area is 130 Å². The lowest BCUT2D eigenvalue weighted by Crippen LogP contribution is -2.41. The molecule has 22 heavy (non-hydrogen) atoms. The van der Waals surface area contributed by atoms with Crippen LogP contribution in [0.3, 0.4) is 0 Å². The van der Waals surface area contributed by atoms with E-state index in [0.717, 1.165) is 51.8 Å². The van der Waals surface area contributed by atoms with E-state index >= 15 is 0 Å². The van der Waals surface area contributed by atoms with Gasteiger partial charge in [0.2, 0.25) is 0 Å². The SMILES string of the molecule is O=C(NCCN1CCOCC1)c1ccc(N2CCCC2)nn1. The predicted octanol–water partition coefficient (Wildman–Crippen LogP) is 0.139. The summed E-state index contributed by atoms with van der Waals surface area (Å²) in [5, 5.41) is 11.1. The van der Waals surface area contributed by atoms with E-state index in [1.54, 1.807) is 6.07 Å². The molecule has 1 amide bonds. The van der Waals surface area contributed by atoms with Crippen LogP contribution >= 0.6 is 0 Å². The first kappa shape index (κ1) is 15.2. The molecule has 0 aromatic carbocycles. The summed E-state index contributed by atoms with van der Waals surface area (Å²) in [6.45, 7) is 6.93. The Hall–Kier alpha value is -1.73. The number of rotatable bonds is 5. The van der Waals surface area contributed by atoms with Crippen LogP contribution in [-0.2, 0) is 4.74 Å². The molecule has 0 radical (unpaired) electrons. The van der Waals surface area contributed by atoms with Gasteiger partial charge in [-0.15, -0.1) is 10.2 Å². The molecular formula is C15H23N5O2. The van der Waals surface area contributed by atoms with Crippen molar-refractivity contribution in [3.8, 4) is 0 Å². The molecule has 0 spiro atoms. The van der Waals surface area contributed by atoms with Gasteiger partial charge in [-0.05, 0) is 25.0 Å². The standard InChI is InChI=1S/C15H23N5O2/c21-15(16-5-8-19-9-11-22-12-10-19)13-3-4-14(18-17-13)20-6-1-2-7-20/h3-4H,1-2,5-12H2,(H,16,21). The van der Waals surface area contributed by atoms with Gasteiger partial charge in [-0.3, -0.25) is 9.69 Å². The van der Waals surface area contributed by atoms with E-state index in [1.165, 1.54) is 12.8 Å². The predicted molar refractivity (Wildman–Crippen MR) is 83.1 cm³/mol. The van der Waals surface area contributed by atoms with Crippen molar-refractivity contribution in [2.75, 3.05) is 57.4 Å². The molecule has 2 aliphatic rings. The number of carbonyl (C=O) groups excluding carboxylic acids is 1. The molecule has 7 nitrogen and oxygen atoms in total. The van der Waals surface area contributed by atoms with Crippen molar-refractivity contribution in [3.05, 3.63) is 17.8 Å². The summed E-state index contributed by atoms with van der Waals surface area (Å²) in [4.78, 5) is 16.5. The summed E-state index contributed by atoms with van der Waals surface area (Å²) >= 11 is 0. The third kappa shape index (κ3) is 3.92. The van der Waals surface area contributed by atoms with Crippen molar-refractivity contribution in [1.82, 2.24) is 20.4 Å². The Morgan fingerprint density at radius 2 is 1.91 bits per heavy atom. The van der Waals surface area contributed by atoms with Crippen LogP contribution in [0.1, 0.15) is 23.3 Å². The maximum atomic E-state index is 12.0.